The Morgan fingerprint density at radius 2 is 2.03 bits per heavy atom. The van der Waals surface area contributed by atoms with E-state index >= 15 is 0 Å². The number of carbonyl (C=O) groups excluding carboxylic acids is 1. The second-order valence-electron chi connectivity index (χ2n) is 9.12. The van der Waals surface area contributed by atoms with Gasteiger partial charge in [-0.2, -0.15) is 18.4 Å². The summed E-state index contributed by atoms with van der Waals surface area (Å²) in [6.45, 7) is 5.94. The lowest BCUT2D eigenvalue weighted by Gasteiger charge is -2.43. The van der Waals surface area contributed by atoms with Crippen LogP contribution in [0.5, 0.6) is 0 Å². The van der Waals surface area contributed by atoms with Gasteiger partial charge in [-0.15, -0.1) is 23.1 Å². The minimum absolute atomic E-state index is 0.0646. The van der Waals surface area contributed by atoms with Crippen LogP contribution in [0.4, 0.5) is 18.9 Å². The van der Waals surface area contributed by atoms with Crippen LogP contribution in [0.3, 0.4) is 0 Å². The Morgan fingerprint density at radius 1 is 1.29 bits per heavy atom. The number of rotatable bonds is 4. The van der Waals surface area contributed by atoms with Crippen LogP contribution in [0.15, 0.2) is 62.6 Å². The van der Waals surface area contributed by atoms with E-state index in [0.717, 1.165) is 27.7 Å². The third-order valence-corrected chi connectivity index (χ3v) is 8.21. The number of hydrogen-bond acceptors (Lipinski definition) is 6. The number of anilines is 1. The van der Waals surface area contributed by atoms with Gasteiger partial charge >= 0.3 is 6.18 Å². The number of carbonyl (C=O) groups is 1. The second kappa shape index (κ2) is 8.82. The standard InChI is InChI=1S/C25H24F3N3OS2/c1-4-33-23-16(8-9-34-23)20-17(13-29)22(30)31(15-7-5-6-14(10-15)25(26,27)28)18-11-24(2,3)12-19(32)21(18)20/h5-10,20H,4,11-12,30H2,1-3H3/t20-/m0/s1. The van der Waals surface area contributed by atoms with Gasteiger partial charge in [0.2, 0.25) is 0 Å². The summed E-state index contributed by atoms with van der Waals surface area (Å²) >= 11 is 3.17. The van der Waals surface area contributed by atoms with Gasteiger partial charge < -0.3 is 5.73 Å². The number of Topliss-reactive ketones (excluding diaryl/α,β-unsaturated/α-hetero) is 1. The van der Waals surface area contributed by atoms with E-state index in [4.69, 9.17) is 5.73 Å². The highest BCUT2D eigenvalue weighted by Gasteiger charge is 2.45. The Bertz CT molecular complexity index is 1250. The number of nitrogens with zero attached hydrogens (tertiary/aromatic N) is 2. The molecule has 0 spiro atoms. The third-order valence-electron chi connectivity index (χ3n) is 6.06. The van der Waals surface area contributed by atoms with Crippen molar-refractivity contribution in [2.45, 2.75) is 49.9 Å². The summed E-state index contributed by atoms with van der Waals surface area (Å²) in [5.41, 5.74) is 7.56. The fourth-order valence-electron chi connectivity index (χ4n) is 4.70. The van der Waals surface area contributed by atoms with Crippen molar-refractivity contribution in [3.05, 3.63) is 69.5 Å². The number of thiophene rings is 1. The van der Waals surface area contributed by atoms with Crippen molar-refractivity contribution in [1.82, 2.24) is 0 Å². The fraction of sp³-hybridized carbons (Fsp3) is 0.360. The molecule has 1 aromatic carbocycles. The number of alkyl halides is 3. The highest BCUT2D eigenvalue weighted by molar-refractivity contribution is 8.01. The van der Waals surface area contributed by atoms with Gasteiger partial charge in [0, 0.05) is 23.4 Å². The molecule has 2 heterocycles. The van der Waals surface area contributed by atoms with E-state index in [0.29, 0.717) is 17.7 Å². The average molecular weight is 504 g/mol. The van der Waals surface area contributed by atoms with E-state index in [1.807, 2.05) is 32.2 Å². The van der Waals surface area contributed by atoms with Crippen molar-refractivity contribution in [1.29, 1.82) is 5.26 Å². The summed E-state index contributed by atoms with van der Waals surface area (Å²) in [5, 5.41) is 12.1. The molecule has 2 aliphatic rings. The number of halogens is 3. The normalized spacial score (nSPS) is 20.4. The predicted molar refractivity (Wildman–Crippen MR) is 129 cm³/mol. The Hall–Kier alpha value is -2.70. The number of nitrogens with two attached hydrogens (primary N) is 1. The molecule has 178 valence electrons. The predicted octanol–water partition coefficient (Wildman–Crippen LogP) is 6.82. The molecule has 0 unspecified atom stereocenters. The van der Waals surface area contributed by atoms with Crippen molar-refractivity contribution in [3.63, 3.8) is 0 Å². The SMILES string of the molecule is CCSc1sccc1[C@H]1C(C#N)=C(N)N(c2cccc(C(F)(F)F)c2)C2=C1C(=O)CC(C)(C)C2. The van der Waals surface area contributed by atoms with Crippen molar-refractivity contribution < 1.29 is 18.0 Å². The first-order chi connectivity index (χ1) is 16.0. The summed E-state index contributed by atoms with van der Waals surface area (Å²) in [6.07, 6.45) is -3.80. The van der Waals surface area contributed by atoms with E-state index in [-0.39, 0.29) is 29.3 Å². The Balaban J connectivity index is 1.99. The number of ketones is 1. The van der Waals surface area contributed by atoms with Crippen LogP contribution in [0.2, 0.25) is 0 Å². The summed E-state index contributed by atoms with van der Waals surface area (Å²) < 4.78 is 41.4. The van der Waals surface area contributed by atoms with Crippen LogP contribution >= 0.6 is 23.1 Å². The van der Waals surface area contributed by atoms with Crippen molar-refractivity contribution in [2.75, 3.05) is 10.7 Å². The lowest BCUT2D eigenvalue weighted by atomic mass is 9.69. The van der Waals surface area contributed by atoms with Crippen LogP contribution in [0.1, 0.15) is 50.7 Å². The molecule has 1 atom stereocenters. The molecule has 4 nitrogen and oxygen atoms in total. The van der Waals surface area contributed by atoms with Gasteiger partial charge in [0.1, 0.15) is 5.82 Å². The molecule has 4 rings (SSSR count). The summed E-state index contributed by atoms with van der Waals surface area (Å²) in [4.78, 5) is 15.0. The first-order valence-corrected chi connectivity index (χ1v) is 12.7. The summed E-state index contributed by atoms with van der Waals surface area (Å²) in [5.74, 6) is 0.151. The number of hydrogen-bond donors (Lipinski definition) is 1. The second-order valence-corrected chi connectivity index (χ2v) is 11.6. The zero-order valence-corrected chi connectivity index (χ0v) is 20.6. The molecule has 2 aromatic rings. The van der Waals surface area contributed by atoms with Gasteiger partial charge in [-0.25, -0.2) is 0 Å². The molecule has 0 radical (unpaired) electrons. The molecule has 0 saturated carbocycles. The van der Waals surface area contributed by atoms with Crippen LogP contribution in [0, 0.1) is 16.7 Å². The van der Waals surface area contributed by atoms with Crippen LogP contribution in [-0.2, 0) is 11.0 Å². The van der Waals surface area contributed by atoms with Crippen LogP contribution < -0.4 is 10.6 Å². The quantitative estimate of drug-likeness (QED) is 0.464. The molecule has 0 fully saturated rings. The highest BCUT2D eigenvalue weighted by Crippen LogP contribution is 2.52. The third kappa shape index (κ3) is 4.25. The smallest absolute Gasteiger partial charge is 0.384 e. The summed E-state index contributed by atoms with van der Waals surface area (Å²) in [7, 11) is 0. The molecular formula is C25H24F3N3OS2. The zero-order valence-electron chi connectivity index (χ0n) is 19.0. The van der Waals surface area contributed by atoms with Crippen LogP contribution in [-0.4, -0.2) is 11.5 Å². The topological polar surface area (TPSA) is 70.1 Å². The van der Waals surface area contributed by atoms with E-state index in [1.165, 1.54) is 17.0 Å². The highest BCUT2D eigenvalue weighted by atomic mass is 32.2. The Morgan fingerprint density at radius 3 is 2.68 bits per heavy atom. The molecule has 2 N–H and O–H groups in total. The van der Waals surface area contributed by atoms with Crippen molar-refractivity contribution >= 4 is 34.6 Å². The van der Waals surface area contributed by atoms with Gasteiger partial charge in [0.25, 0.3) is 0 Å². The van der Waals surface area contributed by atoms with Crippen molar-refractivity contribution in [3.8, 4) is 6.07 Å². The number of nitriles is 1. The summed E-state index contributed by atoms with van der Waals surface area (Å²) in [6, 6.07) is 8.94. The molecule has 1 aliphatic heterocycles. The van der Waals surface area contributed by atoms with Crippen molar-refractivity contribution in [2.24, 2.45) is 11.1 Å². The number of benzene rings is 1. The first-order valence-electron chi connectivity index (χ1n) is 10.8. The molecule has 9 heteroatoms. The minimum Gasteiger partial charge on any atom is -0.384 e. The minimum atomic E-state index is -4.54. The van der Waals surface area contributed by atoms with Gasteiger partial charge in [-0.1, -0.05) is 26.8 Å². The lowest BCUT2D eigenvalue weighted by Crippen LogP contribution is -2.42. The van der Waals surface area contributed by atoms with Gasteiger partial charge in [-0.3, -0.25) is 9.69 Å². The molecular weight excluding hydrogens is 479 g/mol. The average Bonchev–Trinajstić information content (AvgIpc) is 3.19. The monoisotopic (exact) mass is 503 g/mol. The largest absolute Gasteiger partial charge is 0.416 e. The molecule has 0 amide bonds. The maximum Gasteiger partial charge on any atom is 0.416 e. The number of allylic oxidation sites excluding steroid dienone is 3. The van der Waals surface area contributed by atoms with E-state index < -0.39 is 23.1 Å². The maximum atomic E-state index is 13.5. The zero-order chi connectivity index (χ0) is 24.8. The molecule has 0 bridgehead atoms. The maximum absolute atomic E-state index is 13.5. The Labute approximate surface area is 204 Å². The molecule has 1 aliphatic carbocycles. The van der Waals surface area contributed by atoms with Crippen LogP contribution in [0.25, 0.3) is 0 Å². The van der Waals surface area contributed by atoms with E-state index in [1.54, 1.807) is 23.1 Å². The molecule has 0 saturated heterocycles. The molecule has 1 aromatic heterocycles. The first kappa shape index (κ1) is 24.4. The van der Waals surface area contributed by atoms with Gasteiger partial charge in [0.15, 0.2) is 5.78 Å². The number of thioether (sulfide) groups is 1. The van der Waals surface area contributed by atoms with Gasteiger partial charge in [0.05, 0.1) is 27.3 Å². The lowest BCUT2D eigenvalue weighted by molar-refractivity contribution is -0.137. The van der Waals surface area contributed by atoms with E-state index in [2.05, 4.69) is 6.07 Å². The fourth-order valence-corrected chi connectivity index (χ4v) is 6.77. The van der Waals surface area contributed by atoms with E-state index in [9.17, 15) is 23.2 Å². The Kier molecular flexibility index (Phi) is 6.34. The molecule has 34 heavy (non-hydrogen) atoms. The van der Waals surface area contributed by atoms with Gasteiger partial charge in [-0.05, 0) is 52.8 Å².